The molecule has 0 fully saturated rings. The van der Waals surface area contributed by atoms with Gasteiger partial charge in [0.25, 0.3) is 0 Å². The lowest BCUT2D eigenvalue weighted by Crippen LogP contribution is -2.35. The van der Waals surface area contributed by atoms with E-state index in [2.05, 4.69) is 41.9 Å². The Bertz CT molecular complexity index is 859. The maximum Gasteiger partial charge on any atom is 0.220 e. The van der Waals surface area contributed by atoms with Gasteiger partial charge in [-0.15, -0.1) is 10.2 Å². The quantitative estimate of drug-likeness (QED) is 0.753. The standard InChI is InChI=1S/C19H21N5OS/c25-18(4-1-14-8-12-26-13-14)21-16-2-3-17-22-23-19(24(17)11-7-16)15-5-9-20-10-6-15/h5-6,8-10,12-13,16H,1-4,7,11H2,(H,21,25). The zero-order chi connectivity index (χ0) is 17.8. The average molecular weight is 367 g/mol. The molecule has 0 aromatic carbocycles. The van der Waals surface area contributed by atoms with Crippen LogP contribution in [0.2, 0.25) is 0 Å². The molecule has 1 amide bonds. The van der Waals surface area contributed by atoms with Gasteiger partial charge in [-0.1, -0.05) is 0 Å². The van der Waals surface area contributed by atoms with Crippen molar-refractivity contribution < 1.29 is 4.79 Å². The molecule has 4 heterocycles. The van der Waals surface area contributed by atoms with E-state index >= 15 is 0 Å². The van der Waals surface area contributed by atoms with Gasteiger partial charge in [-0.2, -0.15) is 11.3 Å². The van der Waals surface area contributed by atoms with Gasteiger partial charge in [0.15, 0.2) is 5.82 Å². The molecule has 3 aromatic heterocycles. The number of carbonyl (C=O) groups excluding carboxylic acids is 1. The van der Waals surface area contributed by atoms with E-state index in [1.165, 1.54) is 5.56 Å². The summed E-state index contributed by atoms with van der Waals surface area (Å²) in [6.45, 7) is 0.815. The van der Waals surface area contributed by atoms with Gasteiger partial charge in [0.05, 0.1) is 0 Å². The summed E-state index contributed by atoms with van der Waals surface area (Å²) in [5.74, 6) is 2.01. The van der Waals surface area contributed by atoms with Crippen molar-refractivity contribution in [1.82, 2.24) is 25.1 Å². The second-order valence-electron chi connectivity index (χ2n) is 6.55. The predicted molar refractivity (Wildman–Crippen MR) is 101 cm³/mol. The molecule has 1 atom stereocenters. The lowest BCUT2D eigenvalue weighted by atomic mass is 10.1. The summed E-state index contributed by atoms with van der Waals surface area (Å²) in [6.07, 6.45) is 7.51. The third kappa shape index (κ3) is 3.83. The lowest BCUT2D eigenvalue weighted by molar-refractivity contribution is -0.121. The Hall–Kier alpha value is -2.54. The van der Waals surface area contributed by atoms with E-state index < -0.39 is 0 Å². The summed E-state index contributed by atoms with van der Waals surface area (Å²) in [5, 5.41) is 16.1. The van der Waals surface area contributed by atoms with Gasteiger partial charge < -0.3 is 9.88 Å². The van der Waals surface area contributed by atoms with Gasteiger partial charge in [-0.3, -0.25) is 9.78 Å². The van der Waals surface area contributed by atoms with Crippen LogP contribution in [0.15, 0.2) is 41.4 Å². The summed E-state index contributed by atoms with van der Waals surface area (Å²) in [4.78, 5) is 16.3. The number of fused-ring (bicyclic) bond motifs is 1. The molecule has 4 rings (SSSR count). The summed E-state index contributed by atoms with van der Waals surface area (Å²) < 4.78 is 2.17. The highest BCUT2D eigenvalue weighted by Gasteiger charge is 2.22. The van der Waals surface area contributed by atoms with Crippen LogP contribution >= 0.6 is 11.3 Å². The highest BCUT2D eigenvalue weighted by Crippen LogP contribution is 2.22. The lowest BCUT2D eigenvalue weighted by Gasteiger charge is -2.16. The van der Waals surface area contributed by atoms with E-state index in [1.807, 2.05) is 12.1 Å². The number of nitrogens with zero attached hydrogens (tertiary/aromatic N) is 4. The number of hydrogen-bond acceptors (Lipinski definition) is 5. The normalized spacial score (nSPS) is 16.7. The van der Waals surface area contributed by atoms with Crippen molar-refractivity contribution in [3.8, 4) is 11.4 Å². The minimum Gasteiger partial charge on any atom is -0.353 e. The van der Waals surface area contributed by atoms with Crippen LogP contribution in [-0.4, -0.2) is 31.7 Å². The molecule has 0 saturated heterocycles. The maximum absolute atomic E-state index is 12.3. The van der Waals surface area contributed by atoms with Gasteiger partial charge in [-0.25, -0.2) is 0 Å². The number of rotatable bonds is 5. The Balaban J connectivity index is 1.36. The van der Waals surface area contributed by atoms with Crippen molar-refractivity contribution in [2.24, 2.45) is 0 Å². The number of carbonyl (C=O) groups is 1. The Morgan fingerprint density at radius 2 is 2.12 bits per heavy atom. The zero-order valence-electron chi connectivity index (χ0n) is 14.5. The van der Waals surface area contributed by atoms with Crippen molar-refractivity contribution in [1.29, 1.82) is 0 Å². The molecule has 1 N–H and O–H groups in total. The second-order valence-corrected chi connectivity index (χ2v) is 7.33. The van der Waals surface area contributed by atoms with Gasteiger partial charge in [0.1, 0.15) is 5.82 Å². The van der Waals surface area contributed by atoms with E-state index in [4.69, 9.17) is 0 Å². The van der Waals surface area contributed by atoms with Crippen LogP contribution in [0.3, 0.4) is 0 Å². The summed E-state index contributed by atoms with van der Waals surface area (Å²) in [7, 11) is 0. The summed E-state index contributed by atoms with van der Waals surface area (Å²) >= 11 is 1.67. The number of hydrogen-bond donors (Lipinski definition) is 1. The van der Waals surface area contributed by atoms with Crippen molar-refractivity contribution in [2.45, 2.75) is 44.7 Å². The Kier molecular flexibility index (Phi) is 5.06. The number of aryl methyl sites for hydroxylation is 2. The molecule has 7 heteroatoms. The molecule has 0 bridgehead atoms. The van der Waals surface area contributed by atoms with Crippen molar-refractivity contribution in [3.63, 3.8) is 0 Å². The number of aromatic nitrogens is 4. The van der Waals surface area contributed by atoms with E-state index in [1.54, 1.807) is 23.7 Å². The molecule has 1 aliphatic rings. The summed E-state index contributed by atoms with van der Waals surface area (Å²) in [6, 6.07) is 6.17. The first kappa shape index (κ1) is 16.9. The minimum absolute atomic E-state index is 0.133. The Morgan fingerprint density at radius 3 is 2.92 bits per heavy atom. The van der Waals surface area contributed by atoms with Crippen LogP contribution in [0.25, 0.3) is 11.4 Å². The van der Waals surface area contributed by atoms with Gasteiger partial charge in [0.2, 0.25) is 5.91 Å². The van der Waals surface area contributed by atoms with Crippen molar-refractivity contribution >= 4 is 17.2 Å². The third-order valence-corrected chi connectivity index (χ3v) is 5.50. The number of pyridine rings is 1. The topological polar surface area (TPSA) is 72.7 Å². The molecular formula is C19H21N5OS. The first-order valence-corrected chi connectivity index (χ1v) is 9.87. The molecule has 0 saturated carbocycles. The fraction of sp³-hybridized carbons (Fsp3) is 0.368. The van der Waals surface area contributed by atoms with Crippen molar-refractivity contribution in [3.05, 3.63) is 52.7 Å². The molecule has 1 unspecified atom stereocenters. The minimum atomic E-state index is 0.133. The first-order chi connectivity index (χ1) is 12.8. The number of amides is 1. The van der Waals surface area contributed by atoms with Crippen LogP contribution in [0.4, 0.5) is 0 Å². The average Bonchev–Trinajstić information content (AvgIpc) is 3.29. The van der Waals surface area contributed by atoms with Gasteiger partial charge >= 0.3 is 0 Å². The molecule has 134 valence electrons. The van der Waals surface area contributed by atoms with E-state index in [-0.39, 0.29) is 11.9 Å². The third-order valence-electron chi connectivity index (χ3n) is 4.77. The van der Waals surface area contributed by atoms with Crippen LogP contribution in [0, 0.1) is 0 Å². The van der Waals surface area contributed by atoms with Crippen LogP contribution in [0.1, 0.15) is 30.7 Å². The number of nitrogens with one attached hydrogen (secondary N) is 1. The van der Waals surface area contributed by atoms with Crippen molar-refractivity contribution in [2.75, 3.05) is 0 Å². The molecule has 3 aromatic rings. The highest BCUT2D eigenvalue weighted by molar-refractivity contribution is 7.07. The Labute approximate surface area is 156 Å². The fourth-order valence-corrected chi connectivity index (χ4v) is 4.04. The van der Waals surface area contributed by atoms with Crippen LogP contribution in [0.5, 0.6) is 0 Å². The van der Waals surface area contributed by atoms with E-state index in [9.17, 15) is 4.79 Å². The smallest absolute Gasteiger partial charge is 0.220 e. The van der Waals surface area contributed by atoms with E-state index in [0.29, 0.717) is 6.42 Å². The first-order valence-electron chi connectivity index (χ1n) is 8.92. The van der Waals surface area contributed by atoms with E-state index in [0.717, 1.165) is 49.4 Å². The molecular weight excluding hydrogens is 346 g/mol. The predicted octanol–water partition coefficient (Wildman–Crippen LogP) is 2.86. The summed E-state index contributed by atoms with van der Waals surface area (Å²) in [5.41, 5.74) is 2.26. The number of thiophene rings is 1. The fourth-order valence-electron chi connectivity index (χ4n) is 3.34. The molecule has 0 aliphatic carbocycles. The molecule has 26 heavy (non-hydrogen) atoms. The SMILES string of the molecule is O=C(CCc1ccsc1)NC1CCc2nnc(-c3ccncc3)n2CC1. The van der Waals surface area contributed by atoms with Crippen LogP contribution in [-0.2, 0) is 24.2 Å². The van der Waals surface area contributed by atoms with Crippen LogP contribution < -0.4 is 5.32 Å². The molecule has 0 spiro atoms. The monoisotopic (exact) mass is 367 g/mol. The van der Waals surface area contributed by atoms with Gasteiger partial charge in [0, 0.05) is 43.4 Å². The largest absolute Gasteiger partial charge is 0.353 e. The molecule has 6 nitrogen and oxygen atoms in total. The van der Waals surface area contributed by atoms with Gasteiger partial charge in [-0.05, 0) is 53.8 Å². The molecule has 1 aliphatic heterocycles. The zero-order valence-corrected chi connectivity index (χ0v) is 15.3. The highest BCUT2D eigenvalue weighted by atomic mass is 32.1. The maximum atomic E-state index is 12.3. The molecule has 0 radical (unpaired) electrons. The Morgan fingerprint density at radius 1 is 1.23 bits per heavy atom. The second kappa shape index (κ2) is 7.78.